The van der Waals surface area contributed by atoms with Crippen molar-refractivity contribution >= 4 is 30.7 Å². The first-order chi connectivity index (χ1) is 8.83. The molecule has 0 aromatic carbocycles. The predicted molar refractivity (Wildman–Crippen MR) is 82.4 cm³/mol. The number of nitrogens with zero attached hydrogens (tertiary/aromatic N) is 3. The Balaban J connectivity index is 0.000001000. The van der Waals surface area contributed by atoms with Crippen LogP contribution in [0.4, 0.5) is 0 Å². The molecular weight excluding hydrogens is 299 g/mol. The fraction of sp³-hybridized carbons (Fsp3) is 0.692. The van der Waals surface area contributed by atoms with E-state index in [0.717, 1.165) is 32.6 Å². The van der Waals surface area contributed by atoms with Crippen LogP contribution in [-0.2, 0) is 11.3 Å². The molecule has 3 rings (SSSR count). The molecule has 2 unspecified atom stereocenters. The van der Waals surface area contributed by atoms with E-state index in [1.165, 1.54) is 6.42 Å². The summed E-state index contributed by atoms with van der Waals surface area (Å²) in [5.41, 5.74) is 0. The summed E-state index contributed by atoms with van der Waals surface area (Å²) in [5.74, 6) is 0.963. The summed E-state index contributed by atoms with van der Waals surface area (Å²) in [6.07, 6.45) is 8.33. The Kier molecular flexibility index (Phi) is 6.79. The normalized spacial score (nSPS) is 24.5. The third kappa shape index (κ3) is 3.87. The number of nitrogens with one attached hydrogen (secondary N) is 1. The molecule has 2 aliphatic heterocycles. The molecule has 3 heterocycles. The van der Waals surface area contributed by atoms with Crippen molar-refractivity contribution in [1.29, 1.82) is 0 Å². The van der Waals surface area contributed by atoms with Crippen molar-refractivity contribution < 1.29 is 4.79 Å². The Bertz CT molecular complexity index is 413. The second-order valence-corrected chi connectivity index (χ2v) is 5.29. The van der Waals surface area contributed by atoms with Gasteiger partial charge in [0.1, 0.15) is 0 Å². The minimum absolute atomic E-state index is 0. The maximum absolute atomic E-state index is 12.2. The lowest BCUT2D eigenvalue weighted by Gasteiger charge is -2.35. The van der Waals surface area contributed by atoms with Crippen LogP contribution in [0, 0.1) is 5.92 Å². The first kappa shape index (κ1) is 17.3. The number of aromatic nitrogens is 2. The lowest BCUT2D eigenvalue weighted by atomic mass is 9.93. The molecule has 1 amide bonds. The van der Waals surface area contributed by atoms with Crippen LogP contribution in [-0.4, -0.2) is 46.0 Å². The van der Waals surface area contributed by atoms with Gasteiger partial charge in [0, 0.05) is 44.5 Å². The Morgan fingerprint density at radius 1 is 1.35 bits per heavy atom. The van der Waals surface area contributed by atoms with E-state index in [2.05, 4.69) is 10.3 Å². The third-order valence-corrected chi connectivity index (χ3v) is 4.15. The number of hydrogen-bond acceptors (Lipinski definition) is 3. The van der Waals surface area contributed by atoms with Gasteiger partial charge >= 0.3 is 0 Å². The molecule has 0 bridgehead atoms. The van der Waals surface area contributed by atoms with E-state index in [0.29, 0.717) is 18.4 Å². The van der Waals surface area contributed by atoms with E-state index in [-0.39, 0.29) is 30.7 Å². The number of piperidine rings is 1. The highest BCUT2D eigenvalue weighted by Gasteiger charge is 2.33. The molecule has 2 aliphatic rings. The Morgan fingerprint density at radius 3 is 2.95 bits per heavy atom. The Hall–Kier alpha value is -0.780. The zero-order valence-electron chi connectivity index (χ0n) is 11.4. The molecule has 2 atom stereocenters. The van der Waals surface area contributed by atoms with Crippen LogP contribution < -0.4 is 5.32 Å². The molecule has 114 valence electrons. The third-order valence-electron chi connectivity index (χ3n) is 4.15. The first-order valence-electron chi connectivity index (χ1n) is 6.80. The van der Waals surface area contributed by atoms with Crippen molar-refractivity contribution in [1.82, 2.24) is 19.8 Å². The summed E-state index contributed by atoms with van der Waals surface area (Å²) in [4.78, 5) is 18.2. The van der Waals surface area contributed by atoms with Gasteiger partial charge < -0.3 is 14.8 Å². The molecule has 0 spiro atoms. The highest BCUT2D eigenvalue weighted by atomic mass is 35.5. The summed E-state index contributed by atoms with van der Waals surface area (Å²) in [5, 5.41) is 3.52. The van der Waals surface area contributed by atoms with Gasteiger partial charge in [-0.2, -0.15) is 0 Å². The van der Waals surface area contributed by atoms with Gasteiger partial charge in [0.2, 0.25) is 5.91 Å². The molecule has 2 saturated heterocycles. The van der Waals surface area contributed by atoms with Crippen molar-refractivity contribution in [3.63, 3.8) is 0 Å². The Morgan fingerprint density at radius 2 is 2.20 bits per heavy atom. The minimum Gasteiger partial charge on any atom is -0.342 e. The predicted octanol–water partition coefficient (Wildman–Crippen LogP) is 1.33. The quantitative estimate of drug-likeness (QED) is 0.914. The van der Waals surface area contributed by atoms with Gasteiger partial charge in [-0.3, -0.25) is 4.79 Å². The SMILES string of the molecule is Cl.Cl.O=C(CCn1ccnc1)N1CCC2NCCC2C1. The molecule has 1 N–H and O–H groups in total. The molecular formula is C13H22Cl2N4O. The van der Waals surface area contributed by atoms with Crippen molar-refractivity contribution in [2.24, 2.45) is 5.92 Å². The minimum atomic E-state index is 0. The molecule has 0 radical (unpaired) electrons. The van der Waals surface area contributed by atoms with Crippen LogP contribution in [0.2, 0.25) is 0 Å². The zero-order valence-corrected chi connectivity index (χ0v) is 13.0. The number of rotatable bonds is 3. The first-order valence-corrected chi connectivity index (χ1v) is 6.80. The van der Waals surface area contributed by atoms with Crippen molar-refractivity contribution in [3.8, 4) is 0 Å². The van der Waals surface area contributed by atoms with E-state index >= 15 is 0 Å². The van der Waals surface area contributed by atoms with Crippen molar-refractivity contribution in [3.05, 3.63) is 18.7 Å². The summed E-state index contributed by atoms with van der Waals surface area (Å²) in [6.45, 7) is 3.71. The number of amides is 1. The number of aryl methyl sites for hydroxylation is 1. The number of likely N-dealkylation sites (tertiary alicyclic amines) is 1. The van der Waals surface area contributed by atoms with E-state index in [9.17, 15) is 4.79 Å². The van der Waals surface area contributed by atoms with E-state index in [1.807, 2.05) is 15.7 Å². The van der Waals surface area contributed by atoms with Crippen LogP contribution in [0.5, 0.6) is 0 Å². The average molecular weight is 321 g/mol. The van der Waals surface area contributed by atoms with Crippen LogP contribution in [0.3, 0.4) is 0 Å². The van der Waals surface area contributed by atoms with Crippen LogP contribution in [0.25, 0.3) is 0 Å². The summed E-state index contributed by atoms with van der Waals surface area (Å²) >= 11 is 0. The lowest BCUT2D eigenvalue weighted by molar-refractivity contribution is -0.133. The van der Waals surface area contributed by atoms with Gasteiger partial charge in [0.25, 0.3) is 0 Å². The number of carbonyl (C=O) groups is 1. The lowest BCUT2D eigenvalue weighted by Crippen LogP contribution is -2.47. The van der Waals surface area contributed by atoms with E-state index in [1.54, 1.807) is 12.5 Å². The van der Waals surface area contributed by atoms with Crippen LogP contribution >= 0.6 is 24.8 Å². The van der Waals surface area contributed by atoms with Gasteiger partial charge in [-0.25, -0.2) is 4.98 Å². The number of imidazole rings is 1. The monoisotopic (exact) mass is 320 g/mol. The number of hydrogen-bond donors (Lipinski definition) is 1. The molecule has 20 heavy (non-hydrogen) atoms. The van der Waals surface area contributed by atoms with Crippen molar-refractivity contribution in [2.45, 2.75) is 31.8 Å². The fourth-order valence-electron chi connectivity index (χ4n) is 3.08. The molecule has 1 aromatic rings. The summed E-state index contributed by atoms with van der Waals surface area (Å²) in [7, 11) is 0. The molecule has 1 aromatic heterocycles. The van der Waals surface area contributed by atoms with Crippen LogP contribution in [0.1, 0.15) is 19.3 Å². The number of halogens is 2. The molecule has 0 saturated carbocycles. The maximum Gasteiger partial charge on any atom is 0.224 e. The largest absolute Gasteiger partial charge is 0.342 e. The molecule has 5 nitrogen and oxygen atoms in total. The van der Waals surface area contributed by atoms with E-state index < -0.39 is 0 Å². The van der Waals surface area contributed by atoms with Crippen LogP contribution in [0.15, 0.2) is 18.7 Å². The highest BCUT2D eigenvalue weighted by Crippen LogP contribution is 2.24. The van der Waals surface area contributed by atoms with E-state index in [4.69, 9.17) is 0 Å². The van der Waals surface area contributed by atoms with Gasteiger partial charge in [-0.1, -0.05) is 0 Å². The highest BCUT2D eigenvalue weighted by molar-refractivity contribution is 5.85. The topological polar surface area (TPSA) is 50.2 Å². The smallest absolute Gasteiger partial charge is 0.224 e. The molecule has 0 aliphatic carbocycles. The second kappa shape index (κ2) is 7.86. The maximum atomic E-state index is 12.2. The molecule has 2 fully saturated rings. The average Bonchev–Trinajstić information content (AvgIpc) is 3.05. The van der Waals surface area contributed by atoms with Gasteiger partial charge in [0.05, 0.1) is 6.33 Å². The molecule has 7 heteroatoms. The Labute approximate surface area is 131 Å². The summed E-state index contributed by atoms with van der Waals surface area (Å²) < 4.78 is 1.96. The van der Waals surface area contributed by atoms with Crippen molar-refractivity contribution in [2.75, 3.05) is 19.6 Å². The summed E-state index contributed by atoms with van der Waals surface area (Å²) in [6, 6.07) is 0.655. The number of fused-ring (bicyclic) bond motifs is 1. The standard InChI is InChI=1S/C13H20N4O.2ClH/c18-13(3-6-16-8-5-14-10-16)17-7-2-12-11(9-17)1-4-15-12;;/h5,8,10-12,15H,1-4,6-7,9H2;2*1H. The van der Waals surface area contributed by atoms with Gasteiger partial charge in [-0.05, 0) is 25.3 Å². The van der Waals surface area contributed by atoms with Gasteiger partial charge in [0.15, 0.2) is 0 Å². The van der Waals surface area contributed by atoms with Gasteiger partial charge in [-0.15, -0.1) is 24.8 Å². The second-order valence-electron chi connectivity index (χ2n) is 5.29. The number of carbonyl (C=O) groups excluding carboxylic acids is 1. The zero-order chi connectivity index (χ0) is 12.4. The fourth-order valence-corrected chi connectivity index (χ4v) is 3.08.